The highest BCUT2D eigenvalue weighted by molar-refractivity contribution is 5.95. The lowest BCUT2D eigenvalue weighted by Crippen LogP contribution is -2.14. The second-order valence-corrected chi connectivity index (χ2v) is 4.42. The van der Waals surface area contributed by atoms with Crippen molar-refractivity contribution in [2.45, 2.75) is 20.3 Å². The fourth-order valence-corrected chi connectivity index (χ4v) is 1.96. The lowest BCUT2D eigenvalue weighted by atomic mass is 9.85. The predicted molar refractivity (Wildman–Crippen MR) is 67.0 cm³/mol. The van der Waals surface area contributed by atoms with Gasteiger partial charge in [-0.2, -0.15) is 0 Å². The normalized spacial score (nSPS) is 23.4. The van der Waals surface area contributed by atoms with E-state index < -0.39 is 0 Å². The molecule has 82 valence electrons. The maximum atomic E-state index is 11.5. The monoisotopic (exact) mass is 212 g/mol. The maximum absolute atomic E-state index is 11.5. The molecule has 0 radical (unpaired) electrons. The van der Waals surface area contributed by atoms with E-state index in [9.17, 15) is 4.79 Å². The van der Waals surface area contributed by atoms with Gasteiger partial charge >= 0.3 is 0 Å². The molecule has 0 N–H and O–H groups in total. The molecule has 0 fully saturated rings. The van der Waals surface area contributed by atoms with Crippen LogP contribution in [0.4, 0.5) is 0 Å². The van der Waals surface area contributed by atoms with Gasteiger partial charge in [-0.1, -0.05) is 43.3 Å². The first kappa shape index (κ1) is 10.9. The number of hydrogen-bond acceptors (Lipinski definition) is 1. The van der Waals surface area contributed by atoms with Crippen LogP contribution in [0, 0.1) is 5.92 Å². The van der Waals surface area contributed by atoms with Crippen LogP contribution in [0.25, 0.3) is 6.08 Å². The van der Waals surface area contributed by atoms with Gasteiger partial charge in [0.25, 0.3) is 0 Å². The highest BCUT2D eigenvalue weighted by Crippen LogP contribution is 2.27. The molecule has 0 amide bonds. The Morgan fingerprint density at radius 1 is 1.25 bits per heavy atom. The van der Waals surface area contributed by atoms with Crippen molar-refractivity contribution in [3.05, 3.63) is 53.1 Å². The van der Waals surface area contributed by atoms with Gasteiger partial charge in [0, 0.05) is 5.92 Å². The average molecular weight is 212 g/mol. The highest BCUT2D eigenvalue weighted by Gasteiger charge is 2.19. The summed E-state index contributed by atoms with van der Waals surface area (Å²) in [7, 11) is 0. The Kier molecular flexibility index (Phi) is 3.04. The van der Waals surface area contributed by atoms with E-state index in [4.69, 9.17) is 0 Å². The minimum absolute atomic E-state index is 0.124. The maximum Gasteiger partial charge on any atom is 0.159 e. The molecule has 2 rings (SSSR count). The SMILES string of the molecule is CC1=CC(=O)C(C)C/C1=C\c1ccccc1. The molecule has 0 saturated carbocycles. The zero-order valence-corrected chi connectivity index (χ0v) is 9.73. The zero-order valence-electron chi connectivity index (χ0n) is 9.73. The van der Waals surface area contributed by atoms with Crippen molar-refractivity contribution >= 4 is 11.9 Å². The number of carbonyl (C=O) groups excluding carboxylic acids is 1. The van der Waals surface area contributed by atoms with Gasteiger partial charge in [0.2, 0.25) is 0 Å². The van der Waals surface area contributed by atoms with Crippen molar-refractivity contribution in [1.29, 1.82) is 0 Å². The summed E-state index contributed by atoms with van der Waals surface area (Å²) < 4.78 is 0. The summed E-state index contributed by atoms with van der Waals surface area (Å²) in [5.74, 6) is 0.376. The molecule has 1 aromatic rings. The van der Waals surface area contributed by atoms with E-state index in [1.807, 2.05) is 32.0 Å². The van der Waals surface area contributed by atoms with Gasteiger partial charge in [-0.3, -0.25) is 4.79 Å². The topological polar surface area (TPSA) is 17.1 Å². The molecule has 16 heavy (non-hydrogen) atoms. The van der Waals surface area contributed by atoms with E-state index in [1.165, 1.54) is 11.1 Å². The Morgan fingerprint density at radius 2 is 1.94 bits per heavy atom. The molecule has 0 aliphatic heterocycles. The molecule has 1 aliphatic carbocycles. The van der Waals surface area contributed by atoms with Gasteiger partial charge in [-0.05, 0) is 36.1 Å². The first-order valence-electron chi connectivity index (χ1n) is 5.65. The van der Waals surface area contributed by atoms with E-state index in [0.717, 1.165) is 12.0 Å². The third kappa shape index (κ3) is 2.30. The number of hydrogen-bond donors (Lipinski definition) is 0. The van der Waals surface area contributed by atoms with Crippen LogP contribution in [-0.2, 0) is 4.79 Å². The molecule has 0 bridgehead atoms. The Hall–Kier alpha value is -1.63. The predicted octanol–water partition coefficient (Wildman–Crippen LogP) is 3.63. The standard InChI is InChI=1S/C15H16O/c1-11-9-15(16)12(2)8-14(11)10-13-6-4-3-5-7-13/h3-7,9-10,12H,8H2,1-2H3/b14-10+. The number of rotatable bonds is 1. The van der Waals surface area contributed by atoms with E-state index in [2.05, 4.69) is 18.2 Å². The van der Waals surface area contributed by atoms with Gasteiger partial charge in [0.15, 0.2) is 5.78 Å². The third-order valence-corrected chi connectivity index (χ3v) is 3.02. The fourth-order valence-electron chi connectivity index (χ4n) is 1.96. The Labute approximate surface area is 96.5 Å². The van der Waals surface area contributed by atoms with Crippen LogP contribution in [0.2, 0.25) is 0 Å². The van der Waals surface area contributed by atoms with Crippen molar-refractivity contribution in [1.82, 2.24) is 0 Å². The summed E-state index contributed by atoms with van der Waals surface area (Å²) in [6.45, 7) is 4.00. The van der Waals surface area contributed by atoms with E-state index in [-0.39, 0.29) is 11.7 Å². The smallest absolute Gasteiger partial charge is 0.159 e. The highest BCUT2D eigenvalue weighted by atomic mass is 16.1. The van der Waals surface area contributed by atoms with Crippen molar-refractivity contribution in [2.75, 3.05) is 0 Å². The van der Waals surface area contributed by atoms with Crippen molar-refractivity contribution in [3.8, 4) is 0 Å². The fraction of sp³-hybridized carbons (Fsp3) is 0.267. The van der Waals surface area contributed by atoms with Crippen LogP contribution in [0.15, 0.2) is 47.6 Å². The van der Waals surface area contributed by atoms with Crippen molar-refractivity contribution in [2.24, 2.45) is 5.92 Å². The van der Waals surface area contributed by atoms with Crippen LogP contribution in [0.1, 0.15) is 25.8 Å². The van der Waals surface area contributed by atoms with Crippen LogP contribution in [0.3, 0.4) is 0 Å². The first-order valence-corrected chi connectivity index (χ1v) is 5.65. The Balaban J connectivity index is 2.32. The zero-order chi connectivity index (χ0) is 11.5. The summed E-state index contributed by atoms with van der Waals surface area (Å²) in [5, 5.41) is 0. The molecule has 1 unspecified atom stereocenters. The summed E-state index contributed by atoms with van der Waals surface area (Å²) >= 11 is 0. The quantitative estimate of drug-likeness (QED) is 0.694. The summed E-state index contributed by atoms with van der Waals surface area (Å²) in [4.78, 5) is 11.5. The van der Waals surface area contributed by atoms with Gasteiger partial charge in [-0.15, -0.1) is 0 Å². The number of allylic oxidation sites excluding steroid dienone is 3. The first-order chi connectivity index (χ1) is 7.66. The molecular weight excluding hydrogens is 196 g/mol. The molecule has 1 heteroatoms. The third-order valence-electron chi connectivity index (χ3n) is 3.02. The minimum atomic E-state index is 0.124. The number of carbonyl (C=O) groups is 1. The second kappa shape index (κ2) is 4.48. The largest absolute Gasteiger partial charge is 0.295 e. The summed E-state index contributed by atoms with van der Waals surface area (Å²) in [5.41, 5.74) is 3.58. The van der Waals surface area contributed by atoms with Crippen LogP contribution in [0.5, 0.6) is 0 Å². The summed E-state index contributed by atoms with van der Waals surface area (Å²) in [6, 6.07) is 10.2. The average Bonchev–Trinajstić information content (AvgIpc) is 2.27. The minimum Gasteiger partial charge on any atom is -0.295 e. The second-order valence-electron chi connectivity index (χ2n) is 4.42. The van der Waals surface area contributed by atoms with Crippen molar-refractivity contribution in [3.63, 3.8) is 0 Å². The van der Waals surface area contributed by atoms with E-state index >= 15 is 0 Å². The van der Waals surface area contributed by atoms with Gasteiger partial charge in [0.05, 0.1) is 0 Å². The van der Waals surface area contributed by atoms with E-state index in [1.54, 1.807) is 6.08 Å². The number of benzene rings is 1. The molecular formula is C15H16O. The lowest BCUT2D eigenvalue weighted by Gasteiger charge is -2.18. The molecule has 0 spiro atoms. The van der Waals surface area contributed by atoms with Crippen LogP contribution in [-0.4, -0.2) is 5.78 Å². The Morgan fingerprint density at radius 3 is 2.62 bits per heavy atom. The van der Waals surface area contributed by atoms with Crippen LogP contribution >= 0.6 is 0 Å². The van der Waals surface area contributed by atoms with E-state index in [0.29, 0.717) is 0 Å². The summed E-state index contributed by atoms with van der Waals surface area (Å²) in [6.07, 6.45) is 4.80. The van der Waals surface area contributed by atoms with Crippen LogP contribution < -0.4 is 0 Å². The lowest BCUT2D eigenvalue weighted by molar-refractivity contribution is -0.117. The molecule has 1 aromatic carbocycles. The van der Waals surface area contributed by atoms with Crippen molar-refractivity contribution < 1.29 is 4.79 Å². The molecule has 1 nitrogen and oxygen atoms in total. The Bertz CT molecular complexity index is 452. The molecule has 0 heterocycles. The number of ketones is 1. The van der Waals surface area contributed by atoms with Gasteiger partial charge in [-0.25, -0.2) is 0 Å². The van der Waals surface area contributed by atoms with Gasteiger partial charge in [0.1, 0.15) is 0 Å². The van der Waals surface area contributed by atoms with Gasteiger partial charge < -0.3 is 0 Å². The molecule has 1 atom stereocenters. The molecule has 0 saturated heterocycles. The molecule has 0 aromatic heterocycles. The molecule has 1 aliphatic rings.